The number of anilines is 5. The van der Waals surface area contributed by atoms with E-state index in [-0.39, 0.29) is 11.4 Å². The van der Waals surface area contributed by atoms with Crippen LogP contribution in [0.3, 0.4) is 0 Å². The third kappa shape index (κ3) is 8.38. The van der Waals surface area contributed by atoms with Gasteiger partial charge in [0.05, 0.1) is 11.1 Å². The molecule has 10 rings (SSSR count). The molecule has 328 valence electrons. The molecule has 0 fully saturated rings. The number of hydrogen-bond acceptors (Lipinski definition) is 2. The predicted molar refractivity (Wildman–Crippen MR) is 263 cm³/mol. The monoisotopic (exact) mass is 890 g/mol. The van der Waals surface area contributed by atoms with Crippen molar-refractivity contribution < 1.29 is 26.3 Å². The summed E-state index contributed by atoms with van der Waals surface area (Å²) in [6.45, 7) is 5.02. The van der Waals surface area contributed by atoms with E-state index in [1.165, 1.54) is 67.4 Å². The zero-order valence-corrected chi connectivity index (χ0v) is 35.9. The highest BCUT2D eigenvalue weighted by atomic mass is 19.4. The average molecular weight is 891 g/mol. The topological polar surface area (TPSA) is 6.48 Å². The zero-order valence-electron chi connectivity index (χ0n) is 35.9. The Morgan fingerprint density at radius 2 is 0.925 bits per heavy atom. The van der Waals surface area contributed by atoms with Gasteiger partial charge in [-0.3, -0.25) is 0 Å². The lowest BCUT2D eigenvalue weighted by atomic mass is 9.86. The Kier molecular flexibility index (Phi) is 11.1. The molecule has 0 aliphatic carbocycles. The number of rotatable bonds is 7. The van der Waals surface area contributed by atoms with Crippen molar-refractivity contribution in [2.45, 2.75) is 12.4 Å². The Morgan fingerprint density at radius 1 is 0.433 bits per heavy atom. The average Bonchev–Trinajstić information content (AvgIpc) is 3.42. The van der Waals surface area contributed by atoms with E-state index in [1.54, 1.807) is 12.1 Å². The van der Waals surface area contributed by atoms with Gasteiger partial charge < -0.3 is 9.80 Å². The molecule has 1 heterocycles. The summed E-state index contributed by atoms with van der Waals surface area (Å²) in [5.74, 6) is 0. The van der Waals surface area contributed by atoms with Crippen LogP contribution in [0.4, 0.5) is 54.8 Å². The fourth-order valence-electron chi connectivity index (χ4n) is 9.11. The SMILES string of the molecule is C=C1/C=C\C=C/CN(c2ccc(-c3c4ccccc4c(-c4ccccc4)c4ccccc34)cc2)c2ccc(-c3ccc(N(c4cccc(C(F)(F)F)c4)c4cccc(C(F)(F)F)c4)cc3)cc21. The van der Waals surface area contributed by atoms with Crippen LogP contribution in [0.5, 0.6) is 0 Å². The standard InChI is InChI=1S/C59H40F6N2/c1-39-14-4-3-11-35-66(46-30-27-42(28-31-46)57-52-23-9-7-21-50(52)56(41-15-5-2-6-16-41)51-22-8-10-24-53(51)57)55-34-29-43(36-54(39)55)40-25-32-47(33-26-40)67(48-19-12-17-44(37-48)58(60,61)62)49-20-13-18-45(38-49)59(63,64)65/h2-34,36-38H,1,35H2/b11-3-,14-4-. The number of alkyl halides is 6. The minimum absolute atomic E-state index is 0.0616. The first-order valence-electron chi connectivity index (χ1n) is 21.7. The molecule has 2 nitrogen and oxygen atoms in total. The second-order valence-corrected chi connectivity index (χ2v) is 16.4. The lowest BCUT2D eigenvalue weighted by molar-refractivity contribution is -0.138. The minimum Gasteiger partial charge on any atom is -0.337 e. The molecule has 0 saturated carbocycles. The first kappa shape index (κ1) is 42.8. The van der Waals surface area contributed by atoms with Crippen LogP contribution in [-0.2, 0) is 12.4 Å². The maximum absolute atomic E-state index is 13.9. The summed E-state index contributed by atoms with van der Waals surface area (Å²) in [6.07, 6.45) is -1.28. The first-order chi connectivity index (χ1) is 32.4. The number of benzene rings is 9. The normalized spacial score (nSPS) is 14.0. The van der Waals surface area contributed by atoms with Crippen LogP contribution in [0.25, 0.3) is 60.5 Å². The van der Waals surface area contributed by atoms with Crippen LogP contribution >= 0.6 is 0 Å². The molecule has 0 N–H and O–H groups in total. The van der Waals surface area contributed by atoms with Crippen molar-refractivity contribution in [1.29, 1.82) is 0 Å². The lowest BCUT2D eigenvalue weighted by Gasteiger charge is -2.28. The molecule has 9 aromatic carbocycles. The minimum atomic E-state index is -4.66. The Balaban J connectivity index is 1.01. The summed E-state index contributed by atoms with van der Waals surface area (Å²) >= 11 is 0. The van der Waals surface area contributed by atoms with E-state index < -0.39 is 23.5 Å². The summed E-state index contributed by atoms with van der Waals surface area (Å²) in [5.41, 5.74) is 8.58. The molecule has 0 bridgehead atoms. The summed E-state index contributed by atoms with van der Waals surface area (Å²) < 4.78 is 83.3. The van der Waals surface area contributed by atoms with Crippen molar-refractivity contribution in [3.05, 3.63) is 242 Å². The van der Waals surface area contributed by atoms with Gasteiger partial charge in [-0.15, -0.1) is 0 Å². The molecular weight excluding hydrogens is 851 g/mol. The largest absolute Gasteiger partial charge is 0.416 e. The van der Waals surface area contributed by atoms with E-state index in [0.29, 0.717) is 12.2 Å². The Morgan fingerprint density at radius 3 is 1.46 bits per heavy atom. The summed E-state index contributed by atoms with van der Waals surface area (Å²) in [4.78, 5) is 3.64. The van der Waals surface area contributed by atoms with Gasteiger partial charge in [0.25, 0.3) is 0 Å². The summed E-state index contributed by atoms with van der Waals surface area (Å²) in [6, 6.07) is 58.7. The van der Waals surface area contributed by atoms with E-state index in [4.69, 9.17) is 0 Å². The molecule has 67 heavy (non-hydrogen) atoms. The maximum atomic E-state index is 13.9. The van der Waals surface area contributed by atoms with Crippen molar-refractivity contribution in [3.63, 3.8) is 0 Å². The molecule has 0 unspecified atom stereocenters. The molecule has 0 atom stereocenters. The Hall–Kier alpha value is -8.10. The molecular formula is C59H40F6N2. The van der Waals surface area contributed by atoms with Gasteiger partial charge in [-0.1, -0.05) is 152 Å². The molecule has 0 amide bonds. The molecule has 1 aliphatic rings. The van der Waals surface area contributed by atoms with E-state index in [0.717, 1.165) is 63.5 Å². The van der Waals surface area contributed by atoms with Crippen molar-refractivity contribution in [1.82, 2.24) is 0 Å². The van der Waals surface area contributed by atoms with Gasteiger partial charge in [-0.2, -0.15) is 26.3 Å². The zero-order chi connectivity index (χ0) is 46.3. The highest BCUT2D eigenvalue weighted by Crippen LogP contribution is 2.46. The predicted octanol–water partition coefficient (Wildman–Crippen LogP) is 17.8. The van der Waals surface area contributed by atoms with Gasteiger partial charge in [0.15, 0.2) is 0 Å². The van der Waals surface area contributed by atoms with Crippen molar-refractivity contribution in [2.75, 3.05) is 16.3 Å². The third-order valence-electron chi connectivity index (χ3n) is 12.2. The highest BCUT2D eigenvalue weighted by Gasteiger charge is 2.33. The number of hydrogen-bond donors (Lipinski definition) is 0. The van der Waals surface area contributed by atoms with Crippen LogP contribution in [0.15, 0.2) is 225 Å². The van der Waals surface area contributed by atoms with E-state index in [2.05, 4.69) is 127 Å². The van der Waals surface area contributed by atoms with Gasteiger partial charge in [0.2, 0.25) is 0 Å². The van der Waals surface area contributed by atoms with Gasteiger partial charge in [-0.25, -0.2) is 0 Å². The summed E-state index contributed by atoms with van der Waals surface area (Å²) in [7, 11) is 0. The second-order valence-electron chi connectivity index (χ2n) is 16.4. The van der Waals surface area contributed by atoms with Crippen LogP contribution in [0.1, 0.15) is 16.7 Å². The fraction of sp³-hybridized carbons (Fsp3) is 0.0508. The number of allylic oxidation sites excluding steroid dienone is 4. The lowest BCUT2D eigenvalue weighted by Crippen LogP contribution is -2.18. The van der Waals surface area contributed by atoms with Gasteiger partial charge in [-0.05, 0) is 133 Å². The van der Waals surface area contributed by atoms with Crippen molar-refractivity contribution >= 4 is 55.6 Å². The van der Waals surface area contributed by atoms with Gasteiger partial charge in [0.1, 0.15) is 0 Å². The fourth-order valence-corrected chi connectivity index (χ4v) is 9.11. The molecule has 8 heteroatoms. The van der Waals surface area contributed by atoms with Gasteiger partial charge in [0, 0.05) is 40.5 Å². The quantitative estimate of drug-likeness (QED) is 0.116. The Bertz CT molecular complexity index is 3250. The second kappa shape index (κ2) is 17.4. The number of fused-ring (bicyclic) bond motifs is 3. The molecule has 0 spiro atoms. The van der Waals surface area contributed by atoms with E-state index >= 15 is 0 Å². The molecule has 1 aliphatic heterocycles. The van der Waals surface area contributed by atoms with Crippen molar-refractivity contribution in [2.24, 2.45) is 0 Å². The van der Waals surface area contributed by atoms with E-state index in [1.807, 2.05) is 42.5 Å². The van der Waals surface area contributed by atoms with Crippen LogP contribution in [-0.4, -0.2) is 6.54 Å². The smallest absolute Gasteiger partial charge is 0.337 e. The van der Waals surface area contributed by atoms with Gasteiger partial charge >= 0.3 is 12.4 Å². The molecule has 9 aromatic rings. The van der Waals surface area contributed by atoms with Crippen molar-refractivity contribution in [3.8, 4) is 33.4 Å². The van der Waals surface area contributed by atoms with E-state index in [9.17, 15) is 26.3 Å². The first-order valence-corrected chi connectivity index (χ1v) is 21.7. The Labute approximate surface area is 384 Å². The molecule has 0 radical (unpaired) electrons. The summed E-state index contributed by atoms with van der Waals surface area (Å²) in [5, 5.41) is 4.72. The molecule has 0 saturated heterocycles. The van der Waals surface area contributed by atoms with Crippen LogP contribution < -0.4 is 9.80 Å². The number of nitrogens with zero attached hydrogens (tertiary/aromatic N) is 2. The molecule has 0 aromatic heterocycles. The van der Waals surface area contributed by atoms with Crippen LogP contribution in [0.2, 0.25) is 0 Å². The maximum Gasteiger partial charge on any atom is 0.416 e. The number of halogens is 6. The van der Waals surface area contributed by atoms with Crippen LogP contribution in [0, 0.1) is 0 Å². The highest BCUT2D eigenvalue weighted by molar-refractivity contribution is 6.21. The third-order valence-corrected chi connectivity index (χ3v) is 12.2.